The fourth-order valence-corrected chi connectivity index (χ4v) is 2.17. The number of fused-ring (bicyclic) bond motifs is 1. The highest BCUT2D eigenvalue weighted by molar-refractivity contribution is 6.36. The van der Waals surface area contributed by atoms with Crippen LogP contribution >= 0.6 is 23.2 Å². The second kappa shape index (κ2) is 4.74. The number of halogens is 2. The fourth-order valence-electron chi connectivity index (χ4n) is 1.69. The summed E-state index contributed by atoms with van der Waals surface area (Å²) in [5.41, 5.74) is -1.07. The van der Waals surface area contributed by atoms with E-state index in [-0.39, 0.29) is 21.3 Å². The van der Waals surface area contributed by atoms with Crippen molar-refractivity contribution in [3.8, 4) is 0 Å². The van der Waals surface area contributed by atoms with E-state index >= 15 is 0 Å². The average molecular weight is 302 g/mol. The van der Waals surface area contributed by atoms with Gasteiger partial charge in [0, 0.05) is 0 Å². The van der Waals surface area contributed by atoms with Crippen molar-refractivity contribution >= 4 is 34.1 Å². The highest BCUT2D eigenvalue weighted by Gasteiger charge is 2.25. The smallest absolute Gasteiger partial charge is 0.261 e. The van der Waals surface area contributed by atoms with Crippen LogP contribution in [0.25, 0.3) is 10.9 Å². The first kappa shape index (κ1) is 14.2. The van der Waals surface area contributed by atoms with Crippen molar-refractivity contribution in [2.24, 2.45) is 0 Å². The van der Waals surface area contributed by atoms with Crippen molar-refractivity contribution < 1.29 is 5.11 Å². The zero-order chi connectivity index (χ0) is 14.4. The highest BCUT2D eigenvalue weighted by Crippen LogP contribution is 2.23. The summed E-state index contributed by atoms with van der Waals surface area (Å²) in [6, 6.07) is 0.980. The summed E-state index contributed by atoms with van der Waals surface area (Å²) >= 11 is 11.7. The molecule has 102 valence electrons. The summed E-state index contributed by atoms with van der Waals surface area (Å²) in [6.07, 6.45) is 1.36. The van der Waals surface area contributed by atoms with Gasteiger partial charge >= 0.3 is 0 Å². The summed E-state index contributed by atoms with van der Waals surface area (Å²) in [6.45, 7) is 4.99. The standard InChI is InChI=1S/C12H13Cl2N3O2/c1-6(12(2,3)19)17-5-15-9-7(11(17)18)4-8(13)16-10(9)14/h4-6,19H,1-3H3/t6-/m1/s1. The Morgan fingerprint density at radius 1 is 1.42 bits per heavy atom. The predicted octanol–water partition coefficient (Wildman–Crippen LogP) is 2.43. The van der Waals surface area contributed by atoms with Crippen molar-refractivity contribution in [3.05, 3.63) is 33.1 Å². The molecule has 0 aromatic carbocycles. The van der Waals surface area contributed by atoms with Crippen LogP contribution in [0.3, 0.4) is 0 Å². The second-order valence-corrected chi connectivity index (χ2v) is 5.66. The molecule has 0 aliphatic rings. The summed E-state index contributed by atoms with van der Waals surface area (Å²) in [5.74, 6) is 0. The van der Waals surface area contributed by atoms with Gasteiger partial charge in [-0.15, -0.1) is 0 Å². The largest absolute Gasteiger partial charge is 0.388 e. The Kier molecular flexibility index (Phi) is 3.55. The normalized spacial score (nSPS) is 13.8. The molecule has 19 heavy (non-hydrogen) atoms. The van der Waals surface area contributed by atoms with Crippen LogP contribution < -0.4 is 5.56 Å². The van der Waals surface area contributed by atoms with Gasteiger partial charge in [-0.1, -0.05) is 23.2 Å². The van der Waals surface area contributed by atoms with Crippen LogP contribution in [0.15, 0.2) is 17.2 Å². The Bertz CT molecular complexity index is 692. The van der Waals surface area contributed by atoms with Gasteiger partial charge in [0.1, 0.15) is 10.7 Å². The van der Waals surface area contributed by atoms with Gasteiger partial charge in [-0.3, -0.25) is 9.36 Å². The van der Waals surface area contributed by atoms with E-state index in [1.165, 1.54) is 17.0 Å². The lowest BCUT2D eigenvalue weighted by Gasteiger charge is -2.27. The van der Waals surface area contributed by atoms with E-state index in [9.17, 15) is 9.90 Å². The number of nitrogens with zero attached hydrogens (tertiary/aromatic N) is 3. The lowest BCUT2D eigenvalue weighted by molar-refractivity contribution is 0.0290. The zero-order valence-electron chi connectivity index (χ0n) is 10.7. The average Bonchev–Trinajstić information content (AvgIpc) is 2.28. The minimum atomic E-state index is -1.06. The molecule has 2 aromatic heterocycles. The van der Waals surface area contributed by atoms with Crippen molar-refractivity contribution in [1.29, 1.82) is 0 Å². The van der Waals surface area contributed by atoms with Crippen molar-refractivity contribution in [2.75, 3.05) is 0 Å². The van der Waals surface area contributed by atoms with Gasteiger partial charge in [-0.2, -0.15) is 0 Å². The minimum absolute atomic E-state index is 0.0858. The molecule has 0 saturated carbocycles. The van der Waals surface area contributed by atoms with Crippen LogP contribution in [0.4, 0.5) is 0 Å². The first-order valence-corrected chi connectivity index (χ1v) is 6.42. The van der Waals surface area contributed by atoms with E-state index in [2.05, 4.69) is 9.97 Å². The topological polar surface area (TPSA) is 68.0 Å². The van der Waals surface area contributed by atoms with E-state index in [0.29, 0.717) is 5.52 Å². The number of aromatic nitrogens is 3. The Hall–Kier alpha value is -1.17. The molecule has 0 aliphatic heterocycles. The highest BCUT2D eigenvalue weighted by atomic mass is 35.5. The van der Waals surface area contributed by atoms with Crippen LogP contribution in [0.5, 0.6) is 0 Å². The monoisotopic (exact) mass is 301 g/mol. The van der Waals surface area contributed by atoms with Crippen molar-refractivity contribution in [3.63, 3.8) is 0 Å². The van der Waals surface area contributed by atoms with Gasteiger partial charge in [-0.05, 0) is 26.8 Å². The van der Waals surface area contributed by atoms with Crippen LogP contribution in [0, 0.1) is 0 Å². The Morgan fingerprint density at radius 3 is 2.63 bits per heavy atom. The Balaban J connectivity index is 2.75. The number of hydrogen-bond acceptors (Lipinski definition) is 4. The molecule has 0 bridgehead atoms. The third-order valence-electron chi connectivity index (χ3n) is 3.13. The minimum Gasteiger partial charge on any atom is -0.388 e. The Labute approximate surface area is 119 Å². The summed E-state index contributed by atoms with van der Waals surface area (Å²) in [5, 5.41) is 10.5. The van der Waals surface area contributed by atoms with Crippen LogP contribution in [-0.4, -0.2) is 25.2 Å². The van der Waals surface area contributed by atoms with E-state index in [1.54, 1.807) is 20.8 Å². The van der Waals surface area contributed by atoms with Gasteiger partial charge in [0.15, 0.2) is 5.15 Å². The van der Waals surface area contributed by atoms with Gasteiger partial charge in [0.05, 0.1) is 23.4 Å². The summed E-state index contributed by atoms with van der Waals surface area (Å²) in [7, 11) is 0. The molecule has 0 spiro atoms. The number of hydrogen-bond donors (Lipinski definition) is 1. The molecule has 5 nitrogen and oxygen atoms in total. The maximum atomic E-state index is 12.4. The van der Waals surface area contributed by atoms with Gasteiger partial charge in [0.25, 0.3) is 5.56 Å². The SMILES string of the molecule is C[C@@H](n1cnc2c(Cl)nc(Cl)cc2c1=O)C(C)(C)O. The summed E-state index contributed by atoms with van der Waals surface area (Å²) in [4.78, 5) is 20.3. The molecule has 1 atom stereocenters. The molecule has 0 unspecified atom stereocenters. The lowest BCUT2D eigenvalue weighted by Crippen LogP contribution is -2.37. The summed E-state index contributed by atoms with van der Waals surface area (Å²) < 4.78 is 1.36. The van der Waals surface area contributed by atoms with Crippen molar-refractivity contribution in [1.82, 2.24) is 14.5 Å². The molecule has 1 N–H and O–H groups in total. The first-order valence-electron chi connectivity index (χ1n) is 5.67. The number of pyridine rings is 1. The fraction of sp³-hybridized carbons (Fsp3) is 0.417. The van der Waals surface area contributed by atoms with E-state index < -0.39 is 11.6 Å². The van der Waals surface area contributed by atoms with E-state index in [4.69, 9.17) is 23.2 Å². The lowest BCUT2D eigenvalue weighted by atomic mass is 10.0. The van der Waals surface area contributed by atoms with Crippen LogP contribution in [0.2, 0.25) is 10.3 Å². The number of aliphatic hydroxyl groups is 1. The quantitative estimate of drug-likeness (QED) is 0.865. The Morgan fingerprint density at radius 2 is 2.05 bits per heavy atom. The molecular weight excluding hydrogens is 289 g/mol. The third kappa shape index (κ3) is 2.59. The molecule has 0 saturated heterocycles. The van der Waals surface area contributed by atoms with Gasteiger partial charge in [0.2, 0.25) is 0 Å². The molecule has 0 radical (unpaired) electrons. The maximum Gasteiger partial charge on any atom is 0.261 e. The van der Waals surface area contributed by atoms with Gasteiger partial charge < -0.3 is 5.11 Å². The van der Waals surface area contributed by atoms with Crippen LogP contribution in [0.1, 0.15) is 26.8 Å². The molecule has 7 heteroatoms. The predicted molar refractivity (Wildman–Crippen MR) is 74.8 cm³/mol. The maximum absolute atomic E-state index is 12.4. The third-order valence-corrected chi connectivity index (χ3v) is 3.59. The second-order valence-electron chi connectivity index (χ2n) is 4.92. The molecule has 0 amide bonds. The van der Waals surface area contributed by atoms with Crippen molar-refractivity contribution in [2.45, 2.75) is 32.4 Å². The molecule has 2 aromatic rings. The van der Waals surface area contributed by atoms with E-state index in [0.717, 1.165) is 0 Å². The molecule has 0 aliphatic carbocycles. The number of rotatable bonds is 2. The molecule has 2 heterocycles. The molecule has 2 rings (SSSR count). The van der Waals surface area contributed by atoms with Crippen LogP contribution in [-0.2, 0) is 0 Å². The molecule has 0 fully saturated rings. The molecular formula is C12H13Cl2N3O2. The first-order chi connectivity index (χ1) is 8.71. The van der Waals surface area contributed by atoms with E-state index in [1.807, 2.05) is 0 Å². The van der Waals surface area contributed by atoms with Gasteiger partial charge in [-0.25, -0.2) is 9.97 Å². The zero-order valence-corrected chi connectivity index (χ0v) is 12.2.